The van der Waals surface area contributed by atoms with Crippen LogP contribution in [0.3, 0.4) is 0 Å². The lowest BCUT2D eigenvalue weighted by Crippen LogP contribution is -1.87. The maximum absolute atomic E-state index is 10.0. The molecule has 0 saturated carbocycles. The van der Waals surface area contributed by atoms with Gasteiger partial charge in [-0.1, -0.05) is 0 Å². The summed E-state index contributed by atoms with van der Waals surface area (Å²) in [6, 6.07) is 1.62. The molecule has 56 valence electrons. The van der Waals surface area contributed by atoms with E-state index in [1.165, 1.54) is 12.4 Å². The minimum atomic E-state index is -0.983. The van der Waals surface area contributed by atoms with E-state index in [4.69, 9.17) is 5.11 Å². The Balaban J connectivity index is 2.72. The molecule has 4 nitrogen and oxygen atoms in total. The van der Waals surface area contributed by atoms with Gasteiger partial charge in [-0.2, -0.15) is 0 Å². The van der Waals surface area contributed by atoms with E-state index in [0.29, 0.717) is 5.69 Å². The van der Waals surface area contributed by atoms with E-state index in [1.807, 2.05) is 0 Å². The first kappa shape index (κ1) is 7.40. The van der Waals surface area contributed by atoms with E-state index in [-0.39, 0.29) is 0 Å². The van der Waals surface area contributed by atoms with Crippen LogP contribution < -0.4 is 0 Å². The van der Waals surface area contributed by atoms with E-state index in [1.54, 1.807) is 12.3 Å². The van der Waals surface area contributed by atoms with E-state index >= 15 is 0 Å². The zero-order valence-corrected chi connectivity index (χ0v) is 5.64. The van der Waals surface area contributed by atoms with Crippen molar-refractivity contribution in [2.24, 2.45) is 0 Å². The highest BCUT2D eigenvalue weighted by Crippen LogP contribution is 1.93. The third kappa shape index (κ3) is 2.57. The van der Waals surface area contributed by atoms with Gasteiger partial charge in [-0.3, -0.25) is 0 Å². The lowest BCUT2D eigenvalue weighted by Gasteiger charge is -1.86. The lowest BCUT2D eigenvalue weighted by molar-refractivity contribution is -0.131. The molecule has 0 unspecified atom stereocenters. The van der Waals surface area contributed by atoms with Crippen LogP contribution in [-0.4, -0.2) is 21.0 Å². The molecular formula is C7H6N2O2. The molecular weight excluding hydrogens is 144 g/mol. The van der Waals surface area contributed by atoms with Gasteiger partial charge in [-0.25, -0.2) is 14.8 Å². The minimum Gasteiger partial charge on any atom is -0.478 e. The molecule has 0 aliphatic carbocycles. The van der Waals surface area contributed by atoms with Gasteiger partial charge >= 0.3 is 5.97 Å². The SMILES string of the molecule is O=C(O)/C=C\c1ccncn1. The van der Waals surface area contributed by atoms with E-state index in [2.05, 4.69) is 9.97 Å². The topological polar surface area (TPSA) is 63.1 Å². The zero-order chi connectivity index (χ0) is 8.10. The van der Waals surface area contributed by atoms with Crippen molar-refractivity contribution in [3.8, 4) is 0 Å². The number of carboxylic acid groups (broad SMARTS) is 1. The first-order valence-corrected chi connectivity index (χ1v) is 2.96. The van der Waals surface area contributed by atoms with E-state index in [9.17, 15) is 4.79 Å². The first-order valence-electron chi connectivity index (χ1n) is 2.96. The Bertz CT molecular complexity index is 269. The van der Waals surface area contributed by atoms with Crippen molar-refractivity contribution in [2.75, 3.05) is 0 Å². The molecule has 11 heavy (non-hydrogen) atoms. The molecule has 4 heteroatoms. The number of carboxylic acids is 1. The van der Waals surface area contributed by atoms with E-state index < -0.39 is 5.97 Å². The number of rotatable bonds is 2. The van der Waals surface area contributed by atoms with Crippen molar-refractivity contribution in [3.63, 3.8) is 0 Å². The summed E-state index contributed by atoms with van der Waals surface area (Å²) in [5, 5.41) is 8.24. The predicted molar refractivity (Wildman–Crippen MR) is 38.7 cm³/mol. The van der Waals surface area contributed by atoms with Crippen LogP contribution in [0.5, 0.6) is 0 Å². The molecule has 0 aromatic carbocycles. The average Bonchev–Trinajstić information content (AvgIpc) is 2.03. The molecule has 0 bridgehead atoms. The quantitative estimate of drug-likeness (QED) is 0.626. The maximum Gasteiger partial charge on any atom is 0.328 e. The minimum absolute atomic E-state index is 0.586. The normalized spacial score (nSPS) is 10.2. The highest BCUT2D eigenvalue weighted by atomic mass is 16.4. The molecule has 0 saturated heterocycles. The largest absolute Gasteiger partial charge is 0.478 e. The highest BCUT2D eigenvalue weighted by Gasteiger charge is 1.87. The van der Waals surface area contributed by atoms with E-state index in [0.717, 1.165) is 6.08 Å². The molecule has 1 aromatic rings. The highest BCUT2D eigenvalue weighted by molar-refractivity contribution is 5.84. The number of aromatic nitrogens is 2. The van der Waals surface area contributed by atoms with Crippen molar-refractivity contribution in [2.45, 2.75) is 0 Å². The molecule has 1 heterocycles. The van der Waals surface area contributed by atoms with Gasteiger partial charge in [-0.05, 0) is 12.1 Å². The number of aliphatic carboxylic acids is 1. The van der Waals surface area contributed by atoms with Crippen LogP contribution in [-0.2, 0) is 4.79 Å². The summed E-state index contributed by atoms with van der Waals surface area (Å²) in [4.78, 5) is 17.5. The van der Waals surface area contributed by atoms with Gasteiger partial charge in [0.1, 0.15) is 6.33 Å². The molecule has 0 aliphatic rings. The van der Waals surface area contributed by atoms with Crippen LogP contribution >= 0.6 is 0 Å². The Morgan fingerprint density at radius 2 is 2.45 bits per heavy atom. The van der Waals surface area contributed by atoms with Crippen LogP contribution in [0.2, 0.25) is 0 Å². The first-order chi connectivity index (χ1) is 5.29. The lowest BCUT2D eigenvalue weighted by atomic mass is 10.3. The number of hydrogen-bond acceptors (Lipinski definition) is 3. The maximum atomic E-state index is 10.0. The third-order valence-electron chi connectivity index (χ3n) is 1.00. The Labute approximate surface area is 63.2 Å². The summed E-state index contributed by atoms with van der Waals surface area (Å²) < 4.78 is 0. The van der Waals surface area contributed by atoms with Gasteiger partial charge in [-0.15, -0.1) is 0 Å². The van der Waals surface area contributed by atoms with Crippen molar-refractivity contribution in [1.29, 1.82) is 0 Å². The summed E-state index contributed by atoms with van der Waals surface area (Å²) in [5.74, 6) is -0.983. The number of nitrogens with zero attached hydrogens (tertiary/aromatic N) is 2. The molecule has 0 radical (unpaired) electrons. The summed E-state index contributed by atoms with van der Waals surface area (Å²) in [6.07, 6.45) is 5.35. The average molecular weight is 150 g/mol. The predicted octanol–water partition coefficient (Wildman–Crippen LogP) is 0.574. The molecule has 0 fully saturated rings. The van der Waals surface area contributed by atoms with Crippen molar-refractivity contribution >= 4 is 12.0 Å². The van der Waals surface area contributed by atoms with Crippen molar-refractivity contribution in [3.05, 3.63) is 30.4 Å². The van der Waals surface area contributed by atoms with Gasteiger partial charge in [0.2, 0.25) is 0 Å². The fraction of sp³-hybridized carbons (Fsp3) is 0. The van der Waals surface area contributed by atoms with Gasteiger partial charge in [0, 0.05) is 12.3 Å². The molecule has 1 aromatic heterocycles. The van der Waals surface area contributed by atoms with Crippen LogP contribution in [0, 0.1) is 0 Å². The molecule has 0 amide bonds. The molecule has 1 N–H and O–H groups in total. The molecule has 0 atom stereocenters. The fourth-order valence-corrected chi connectivity index (χ4v) is 0.556. The van der Waals surface area contributed by atoms with Crippen LogP contribution in [0.1, 0.15) is 5.69 Å². The smallest absolute Gasteiger partial charge is 0.328 e. The fourth-order valence-electron chi connectivity index (χ4n) is 0.556. The zero-order valence-electron chi connectivity index (χ0n) is 5.64. The summed E-state index contributed by atoms with van der Waals surface area (Å²) >= 11 is 0. The number of carbonyl (C=O) groups is 1. The van der Waals surface area contributed by atoms with Crippen LogP contribution in [0.15, 0.2) is 24.7 Å². The van der Waals surface area contributed by atoms with Crippen molar-refractivity contribution < 1.29 is 9.90 Å². The van der Waals surface area contributed by atoms with Crippen LogP contribution in [0.25, 0.3) is 6.08 Å². The Morgan fingerprint density at radius 3 is 3.00 bits per heavy atom. The van der Waals surface area contributed by atoms with Crippen LogP contribution in [0.4, 0.5) is 0 Å². The second kappa shape index (κ2) is 3.46. The van der Waals surface area contributed by atoms with Crippen molar-refractivity contribution in [1.82, 2.24) is 9.97 Å². The Morgan fingerprint density at radius 1 is 1.64 bits per heavy atom. The Kier molecular flexibility index (Phi) is 2.32. The molecule has 0 spiro atoms. The monoisotopic (exact) mass is 150 g/mol. The number of hydrogen-bond donors (Lipinski definition) is 1. The summed E-state index contributed by atoms with van der Waals surface area (Å²) in [6.45, 7) is 0. The second-order valence-corrected chi connectivity index (χ2v) is 1.81. The summed E-state index contributed by atoms with van der Waals surface area (Å²) in [7, 11) is 0. The second-order valence-electron chi connectivity index (χ2n) is 1.81. The van der Waals surface area contributed by atoms with Gasteiger partial charge < -0.3 is 5.11 Å². The summed E-state index contributed by atoms with van der Waals surface area (Å²) in [5.41, 5.74) is 0.586. The van der Waals surface area contributed by atoms with Gasteiger partial charge in [0.15, 0.2) is 0 Å². The molecule has 0 aliphatic heterocycles. The van der Waals surface area contributed by atoms with Gasteiger partial charge in [0.25, 0.3) is 0 Å². The third-order valence-corrected chi connectivity index (χ3v) is 1.00. The Hall–Kier alpha value is -1.71. The standard InChI is InChI=1S/C7H6N2O2/c10-7(11)2-1-6-3-4-8-5-9-6/h1-5H,(H,10,11)/b2-1-. The molecule has 1 rings (SSSR count). The van der Waals surface area contributed by atoms with Gasteiger partial charge in [0.05, 0.1) is 5.69 Å².